The fourth-order valence-corrected chi connectivity index (χ4v) is 3.61. The molecule has 2 aromatic heterocycles. The molecular weight excluding hydrogens is 382 g/mol. The van der Waals surface area contributed by atoms with Crippen LogP contribution in [0.25, 0.3) is 11.0 Å². The first-order chi connectivity index (χ1) is 13.9. The molecule has 0 saturated carbocycles. The lowest BCUT2D eigenvalue weighted by Crippen LogP contribution is -2.29. The monoisotopic (exact) mass is 394 g/mol. The molecule has 144 valence electrons. The molecule has 4 aromatic rings. The van der Waals surface area contributed by atoms with Gasteiger partial charge in [0.25, 0.3) is 5.91 Å². The van der Waals surface area contributed by atoms with Crippen molar-refractivity contribution in [3.63, 3.8) is 0 Å². The number of anilines is 1. The van der Waals surface area contributed by atoms with Crippen molar-refractivity contribution in [3.05, 3.63) is 93.0 Å². The van der Waals surface area contributed by atoms with Crippen LogP contribution in [-0.4, -0.2) is 11.1 Å². The van der Waals surface area contributed by atoms with Gasteiger partial charge >= 0.3 is 0 Å². The van der Waals surface area contributed by atoms with Gasteiger partial charge < -0.3 is 8.94 Å². The molecular formula is C21H12F2N2O4. The van der Waals surface area contributed by atoms with E-state index in [-0.39, 0.29) is 28.1 Å². The third kappa shape index (κ3) is 2.56. The fraction of sp³-hybridized carbons (Fsp3) is 0.0952. The number of hydrogen-bond acceptors (Lipinski definition) is 5. The van der Waals surface area contributed by atoms with E-state index in [1.807, 2.05) is 0 Å². The molecule has 0 saturated heterocycles. The second kappa shape index (κ2) is 6.10. The molecule has 2 aromatic carbocycles. The third-order valence-electron chi connectivity index (χ3n) is 4.88. The number of rotatable bonds is 2. The van der Waals surface area contributed by atoms with Crippen molar-refractivity contribution in [1.29, 1.82) is 0 Å². The van der Waals surface area contributed by atoms with Gasteiger partial charge in [0.15, 0.2) is 11.2 Å². The molecule has 1 aliphatic rings. The quantitative estimate of drug-likeness (QED) is 0.511. The summed E-state index contributed by atoms with van der Waals surface area (Å²) in [6, 6.07) is 9.53. The highest BCUT2D eigenvalue weighted by Gasteiger charge is 2.44. The van der Waals surface area contributed by atoms with Crippen molar-refractivity contribution in [2.24, 2.45) is 0 Å². The van der Waals surface area contributed by atoms with Crippen LogP contribution in [0.1, 0.15) is 33.5 Å². The number of carbonyl (C=O) groups is 1. The Morgan fingerprint density at radius 2 is 1.72 bits per heavy atom. The summed E-state index contributed by atoms with van der Waals surface area (Å²) in [7, 11) is 0. The highest BCUT2D eigenvalue weighted by Crippen LogP contribution is 2.40. The predicted octanol–water partition coefficient (Wildman–Crippen LogP) is 4.12. The van der Waals surface area contributed by atoms with Gasteiger partial charge in [-0.2, -0.15) is 0 Å². The second-order valence-corrected chi connectivity index (χ2v) is 6.74. The number of nitrogens with zero attached hydrogens (tertiary/aromatic N) is 2. The zero-order valence-electron chi connectivity index (χ0n) is 15.0. The van der Waals surface area contributed by atoms with Crippen molar-refractivity contribution in [2.75, 3.05) is 4.90 Å². The molecule has 8 heteroatoms. The molecule has 0 fully saturated rings. The van der Waals surface area contributed by atoms with E-state index in [1.54, 1.807) is 13.0 Å². The standard InChI is InChI=1S/C21H12F2N2O4/c1-10-8-16(24-29-10)25-18(11-2-4-12(22)5-3-11)17-19(26)14-9-13(23)6-7-15(14)28-20(17)21(25)27/h2-9,18H,1H3. The summed E-state index contributed by atoms with van der Waals surface area (Å²) in [5, 5.41) is 3.91. The Labute approximate surface area is 162 Å². The maximum atomic E-state index is 13.7. The summed E-state index contributed by atoms with van der Waals surface area (Å²) in [5.41, 5.74) is 0.0771. The van der Waals surface area contributed by atoms with E-state index >= 15 is 0 Å². The fourth-order valence-electron chi connectivity index (χ4n) is 3.61. The molecule has 3 heterocycles. The molecule has 0 N–H and O–H groups in total. The summed E-state index contributed by atoms with van der Waals surface area (Å²) in [4.78, 5) is 27.7. The SMILES string of the molecule is Cc1cc(N2C(=O)c3oc4ccc(F)cc4c(=O)c3C2c2ccc(F)cc2)no1. The first-order valence-electron chi connectivity index (χ1n) is 8.72. The summed E-state index contributed by atoms with van der Waals surface area (Å²) in [6.45, 7) is 1.66. The van der Waals surface area contributed by atoms with Gasteiger partial charge in [0.2, 0.25) is 5.76 Å². The van der Waals surface area contributed by atoms with E-state index in [4.69, 9.17) is 8.94 Å². The van der Waals surface area contributed by atoms with Crippen LogP contribution in [0.4, 0.5) is 14.6 Å². The molecule has 1 amide bonds. The summed E-state index contributed by atoms with van der Waals surface area (Å²) < 4.78 is 38.0. The van der Waals surface area contributed by atoms with Crippen molar-refractivity contribution in [1.82, 2.24) is 5.16 Å². The average Bonchev–Trinajstić information content (AvgIpc) is 3.25. The zero-order valence-corrected chi connectivity index (χ0v) is 15.0. The summed E-state index contributed by atoms with van der Waals surface area (Å²) in [6.07, 6.45) is 0. The van der Waals surface area contributed by atoms with Crippen LogP contribution in [0, 0.1) is 18.6 Å². The van der Waals surface area contributed by atoms with Gasteiger partial charge in [0.1, 0.15) is 23.0 Å². The molecule has 1 unspecified atom stereocenters. The van der Waals surface area contributed by atoms with E-state index < -0.39 is 29.0 Å². The Kier molecular flexibility index (Phi) is 3.64. The predicted molar refractivity (Wildman–Crippen MR) is 98.7 cm³/mol. The van der Waals surface area contributed by atoms with Crippen LogP contribution >= 0.6 is 0 Å². The van der Waals surface area contributed by atoms with Gasteiger partial charge in [-0.05, 0) is 42.8 Å². The Balaban J connectivity index is 1.83. The van der Waals surface area contributed by atoms with E-state index in [0.29, 0.717) is 11.3 Å². The molecule has 5 rings (SSSR count). The number of hydrogen-bond donors (Lipinski definition) is 0. The number of aryl methyl sites for hydroxylation is 1. The molecule has 1 aliphatic heterocycles. The van der Waals surface area contributed by atoms with Crippen LogP contribution in [0.5, 0.6) is 0 Å². The smallest absolute Gasteiger partial charge is 0.296 e. The lowest BCUT2D eigenvalue weighted by molar-refractivity contribution is 0.0969. The second-order valence-electron chi connectivity index (χ2n) is 6.74. The number of halogens is 2. The van der Waals surface area contributed by atoms with E-state index in [1.165, 1.54) is 35.2 Å². The van der Waals surface area contributed by atoms with Crippen LogP contribution in [0.2, 0.25) is 0 Å². The number of benzene rings is 2. The van der Waals surface area contributed by atoms with E-state index in [0.717, 1.165) is 12.1 Å². The third-order valence-corrected chi connectivity index (χ3v) is 4.88. The first kappa shape index (κ1) is 17.3. The maximum Gasteiger partial charge on any atom is 0.296 e. The van der Waals surface area contributed by atoms with Crippen molar-refractivity contribution < 1.29 is 22.5 Å². The van der Waals surface area contributed by atoms with Crippen molar-refractivity contribution >= 4 is 22.7 Å². The number of amides is 1. The molecule has 0 spiro atoms. The minimum Gasteiger partial charge on any atom is -0.450 e. The van der Waals surface area contributed by atoms with E-state index in [2.05, 4.69) is 5.16 Å². The Morgan fingerprint density at radius 1 is 1.00 bits per heavy atom. The van der Waals surface area contributed by atoms with Crippen LogP contribution in [0.3, 0.4) is 0 Å². The number of fused-ring (bicyclic) bond motifs is 2. The van der Waals surface area contributed by atoms with Gasteiger partial charge in [-0.25, -0.2) is 8.78 Å². The first-order valence-corrected chi connectivity index (χ1v) is 8.72. The van der Waals surface area contributed by atoms with Crippen LogP contribution in [-0.2, 0) is 0 Å². The number of carbonyl (C=O) groups excluding carboxylic acids is 1. The highest BCUT2D eigenvalue weighted by molar-refractivity contribution is 6.10. The minimum absolute atomic E-state index is 0.0156. The lowest BCUT2D eigenvalue weighted by Gasteiger charge is -2.22. The minimum atomic E-state index is -0.925. The van der Waals surface area contributed by atoms with Crippen molar-refractivity contribution in [2.45, 2.75) is 13.0 Å². The lowest BCUT2D eigenvalue weighted by atomic mass is 9.98. The van der Waals surface area contributed by atoms with E-state index in [9.17, 15) is 18.4 Å². The van der Waals surface area contributed by atoms with Crippen LogP contribution < -0.4 is 10.3 Å². The Hall–Kier alpha value is -3.81. The summed E-state index contributed by atoms with van der Waals surface area (Å²) in [5.74, 6) is -1.17. The van der Waals surface area contributed by atoms with Gasteiger partial charge in [-0.15, -0.1) is 0 Å². The molecule has 0 radical (unpaired) electrons. The topological polar surface area (TPSA) is 76.6 Å². The zero-order chi connectivity index (χ0) is 20.3. The normalized spacial score (nSPS) is 15.9. The Morgan fingerprint density at radius 3 is 2.41 bits per heavy atom. The largest absolute Gasteiger partial charge is 0.450 e. The Bertz CT molecular complexity index is 1340. The van der Waals surface area contributed by atoms with Gasteiger partial charge in [-0.3, -0.25) is 14.5 Å². The summed E-state index contributed by atoms with van der Waals surface area (Å²) >= 11 is 0. The molecule has 29 heavy (non-hydrogen) atoms. The molecule has 0 bridgehead atoms. The van der Waals surface area contributed by atoms with Gasteiger partial charge in [-0.1, -0.05) is 17.3 Å². The molecule has 0 aliphatic carbocycles. The number of aromatic nitrogens is 1. The molecule has 1 atom stereocenters. The highest BCUT2D eigenvalue weighted by atomic mass is 19.1. The molecule has 6 nitrogen and oxygen atoms in total. The van der Waals surface area contributed by atoms with Gasteiger partial charge in [0.05, 0.1) is 17.0 Å². The van der Waals surface area contributed by atoms with Crippen LogP contribution in [0.15, 0.2) is 62.3 Å². The van der Waals surface area contributed by atoms with Gasteiger partial charge in [0, 0.05) is 6.07 Å². The average molecular weight is 394 g/mol. The van der Waals surface area contributed by atoms with Crippen molar-refractivity contribution in [3.8, 4) is 0 Å². The maximum absolute atomic E-state index is 13.7.